The molecule has 0 saturated carbocycles. The van der Waals surface area contributed by atoms with Crippen molar-refractivity contribution in [2.24, 2.45) is 7.05 Å². The number of amides is 1. The van der Waals surface area contributed by atoms with Crippen LogP contribution in [0.1, 0.15) is 31.3 Å². The Morgan fingerprint density at radius 1 is 1.26 bits per heavy atom. The largest absolute Gasteiger partial charge is 0.471 e. The summed E-state index contributed by atoms with van der Waals surface area (Å²) in [6.45, 7) is 3.17. The lowest BCUT2D eigenvalue weighted by atomic mass is 10.2. The molecule has 0 fully saturated rings. The Kier molecular flexibility index (Phi) is 6.59. The van der Waals surface area contributed by atoms with Crippen molar-refractivity contribution in [1.29, 1.82) is 0 Å². The molecule has 1 aromatic carbocycles. The Balaban J connectivity index is 2.42. The number of halogens is 5. The Bertz CT molecular complexity index is 878. The summed E-state index contributed by atoms with van der Waals surface area (Å²) < 4.78 is 51.6. The second-order valence-corrected chi connectivity index (χ2v) is 8.25. The van der Waals surface area contributed by atoms with Crippen LogP contribution in [-0.2, 0) is 29.2 Å². The van der Waals surface area contributed by atoms with E-state index in [9.17, 15) is 22.2 Å². The van der Waals surface area contributed by atoms with Crippen LogP contribution in [-0.4, -0.2) is 25.8 Å². The van der Waals surface area contributed by atoms with Gasteiger partial charge in [0.05, 0.1) is 12.2 Å². The smallest absolute Gasteiger partial charge is 0.341 e. The molecule has 27 heavy (non-hydrogen) atoms. The number of nitrogens with zero attached hydrogens (tertiary/aromatic N) is 2. The van der Waals surface area contributed by atoms with Crippen LogP contribution < -0.4 is 5.32 Å². The molecule has 1 unspecified atom stereocenters. The third kappa shape index (κ3) is 5.03. The predicted octanol–water partition coefficient (Wildman–Crippen LogP) is 4.20. The Hall–Kier alpha value is -1.58. The summed E-state index contributed by atoms with van der Waals surface area (Å²) in [6, 6.07) is 4.48. The first kappa shape index (κ1) is 21.7. The van der Waals surface area contributed by atoms with E-state index >= 15 is 0 Å². The Morgan fingerprint density at radius 2 is 1.81 bits per heavy atom. The molecule has 1 heterocycles. The Labute approximate surface area is 166 Å². The number of alkyl halides is 3. The van der Waals surface area contributed by atoms with E-state index in [2.05, 4.69) is 4.98 Å². The van der Waals surface area contributed by atoms with Gasteiger partial charge in [0.15, 0.2) is 0 Å². The van der Waals surface area contributed by atoms with E-state index in [0.29, 0.717) is 25.7 Å². The van der Waals surface area contributed by atoms with Gasteiger partial charge >= 0.3 is 12.1 Å². The Morgan fingerprint density at radius 3 is 2.30 bits per heavy atom. The van der Waals surface area contributed by atoms with Crippen molar-refractivity contribution >= 4 is 39.9 Å². The van der Waals surface area contributed by atoms with Gasteiger partial charge in [-0.2, -0.15) is 13.2 Å². The first-order valence-corrected chi connectivity index (χ1v) is 9.60. The third-order valence-corrected chi connectivity index (χ3v) is 5.53. The van der Waals surface area contributed by atoms with Crippen LogP contribution in [0.5, 0.6) is 0 Å². The van der Waals surface area contributed by atoms with Gasteiger partial charge in [-0.1, -0.05) is 37.0 Å². The van der Waals surface area contributed by atoms with Crippen molar-refractivity contribution in [3.63, 3.8) is 0 Å². The average Bonchev–Trinajstić information content (AvgIpc) is 2.87. The minimum Gasteiger partial charge on any atom is -0.341 e. The highest BCUT2D eigenvalue weighted by Crippen LogP contribution is 2.29. The molecule has 2 rings (SSSR count). The predicted molar refractivity (Wildman–Crippen MR) is 96.3 cm³/mol. The molecule has 0 saturated heterocycles. The first-order chi connectivity index (χ1) is 12.4. The van der Waals surface area contributed by atoms with Crippen molar-refractivity contribution in [3.8, 4) is 0 Å². The maximum atomic E-state index is 13.1. The highest BCUT2D eigenvalue weighted by atomic mass is 35.5. The summed E-state index contributed by atoms with van der Waals surface area (Å²) in [5, 5.41) is 2.68. The SMILES string of the molecule is CC(C)c1nc(CNC(=O)C(F)(F)F)n(C)c1S(=O)c1cc(Cl)cc(Cl)c1. The molecule has 0 aliphatic rings. The van der Waals surface area contributed by atoms with Crippen molar-refractivity contribution in [1.82, 2.24) is 14.9 Å². The maximum Gasteiger partial charge on any atom is 0.471 e. The molecule has 0 aliphatic heterocycles. The summed E-state index contributed by atoms with van der Waals surface area (Å²) in [4.78, 5) is 15.7. The molecular weight excluding hydrogens is 426 g/mol. The molecule has 1 atom stereocenters. The second kappa shape index (κ2) is 8.20. The van der Waals surface area contributed by atoms with Crippen LogP contribution in [0.3, 0.4) is 0 Å². The molecule has 148 valence electrons. The van der Waals surface area contributed by atoms with E-state index in [1.807, 2.05) is 13.8 Å². The fraction of sp³-hybridized carbons (Fsp3) is 0.375. The zero-order chi connectivity index (χ0) is 20.5. The van der Waals surface area contributed by atoms with Crippen LogP contribution in [0.4, 0.5) is 13.2 Å². The van der Waals surface area contributed by atoms with Gasteiger partial charge in [-0.15, -0.1) is 0 Å². The molecule has 5 nitrogen and oxygen atoms in total. The quantitative estimate of drug-likeness (QED) is 0.755. The zero-order valence-corrected chi connectivity index (χ0v) is 16.9. The van der Waals surface area contributed by atoms with Crippen LogP contribution in [0, 0.1) is 0 Å². The molecule has 11 heteroatoms. The maximum absolute atomic E-state index is 13.1. The summed E-state index contributed by atoms with van der Waals surface area (Å²) in [5.41, 5.74) is 0.447. The molecule has 0 aliphatic carbocycles. The fourth-order valence-electron chi connectivity index (χ4n) is 2.31. The number of hydrogen-bond acceptors (Lipinski definition) is 3. The number of aromatic nitrogens is 2. The zero-order valence-electron chi connectivity index (χ0n) is 14.5. The lowest BCUT2D eigenvalue weighted by Gasteiger charge is -2.10. The molecule has 1 N–H and O–H groups in total. The van der Waals surface area contributed by atoms with Crippen LogP contribution in [0.15, 0.2) is 28.1 Å². The van der Waals surface area contributed by atoms with Gasteiger partial charge in [0, 0.05) is 22.0 Å². The van der Waals surface area contributed by atoms with Gasteiger partial charge in [0.25, 0.3) is 0 Å². The van der Waals surface area contributed by atoms with E-state index in [1.54, 1.807) is 5.32 Å². The number of hydrogen-bond donors (Lipinski definition) is 1. The van der Waals surface area contributed by atoms with E-state index in [1.165, 1.54) is 29.8 Å². The van der Waals surface area contributed by atoms with Crippen LogP contribution >= 0.6 is 23.2 Å². The van der Waals surface area contributed by atoms with E-state index in [4.69, 9.17) is 23.2 Å². The van der Waals surface area contributed by atoms with E-state index in [0.717, 1.165) is 0 Å². The topological polar surface area (TPSA) is 64.0 Å². The molecule has 1 aromatic heterocycles. The van der Waals surface area contributed by atoms with Crippen molar-refractivity contribution in [3.05, 3.63) is 39.8 Å². The monoisotopic (exact) mass is 441 g/mol. The van der Waals surface area contributed by atoms with Crippen molar-refractivity contribution < 1.29 is 22.2 Å². The molecule has 0 spiro atoms. The third-order valence-electron chi connectivity index (χ3n) is 3.60. The van der Waals surface area contributed by atoms with Gasteiger partial charge in [-0.3, -0.25) is 4.79 Å². The summed E-state index contributed by atoms with van der Waals surface area (Å²) in [6.07, 6.45) is -4.99. The minimum atomic E-state index is -4.99. The number of rotatable bonds is 5. The number of carbonyl (C=O) groups excluding carboxylic acids is 1. The average molecular weight is 442 g/mol. The molecule has 2 aromatic rings. The van der Waals surface area contributed by atoms with Crippen molar-refractivity contribution in [2.75, 3.05) is 0 Å². The number of carbonyl (C=O) groups is 1. The number of imidazole rings is 1. The number of nitrogens with one attached hydrogen (secondary N) is 1. The first-order valence-electron chi connectivity index (χ1n) is 7.70. The molecule has 1 amide bonds. The molecule has 0 radical (unpaired) electrons. The van der Waals surface area contributed by atoms with Crippen molar-refractivity contribution in [2.45, 2.75) is 42.4 Å². The fourth-order valence-corrected chi connectivity index (χ4v) is 4.48. The van der Waals surface area contributed by atoms with Crippen LogP contribution in [0.25, 0.3) is 0 Å². The highest BCUT2D eigenvalue weighted by molar-refractivity contribution is 7.85. The lowest BCUT2D eigenvalue weighted by molar-refractivity contribution is -0.173. The summed E-state index contributed by atoms with van der Waals surface area (Å²) in [7, 11) is -0.204. The van der Waals surface area contributed by atoms with Gasteiger partial charge in [-0.25, -0.2) is 9.19 Å². The van der Waals surface area contributed by atoms with Gasteiger partial charge in [0.2, 0.25) is 0 Å². The van der Waals surface area contributed by atoms with Gasteiger partial charge in [0.1, 0.15) is 21.6 Å². The molecule has 0 bridgehead atoms. The normalized spacial score (nSPS) is 13.1. The second-order valence-electron chi connectivity index (χ2n) is 5.99. The minimum absolute atomic E-state index is 0.146. The summed E-state index contributed by atoms with van der Waals surface area (Å²) >= 11 is 11.9. The van der Waals surface area contributed by atoms with E-state index in [-0.39, 0.29) is 11.7 Å². The molecular formula is C16H16Cl2F3N3O2S. The standard InChI is InChI=1S/C16H16Cl2F3N3O2S/c1-8(2)13-14(27(26)11-5-9(17)4-10(18)6-11)24(3)12(23-13)7-22-15(25)16(19,20)21/h4-6,8H,7H2,1-3H3,(H,22,25). The van der Waals surface area contributed by atoms with E-state index < -0.39 is 29.4 Å². The van der Waals surface area contributed by atoms with Crippen LogP contribution in [0.2, 0.25) is 10.0 Å². The van der Waals surface area contributed by atoms with Gasteiger partial charge < -0.3 is 9.88 Å². The number of benzene rings is 1. The highest BCUT2D eigenvalue weighted by Gasteiger charge is 2.38. The summed E-state index contributed by atoms with van der Waals surface area (Å²) in [5.74, 6) is -2.08. The lowest BCUT2D eigenvalue weighted by Crippen LogP contribution is -2.36. The van der Waals surface area contributed by atoms with Gasteiger partial charge in [-0.05, 0) is 24.1 Å².